The Bertz CT molecular complexity index is 712. The van der Waals surface area contributed by atoms with Gasteiger partial charge in [0.25, 0.3) is 0 Å². The summed E-state index contributed by atoms with van der Waals surface area (Å²) in [5, 5.41) is 18.2. The van der Waals surface area contributed by atoms with Gasteiger partial charge >= 0.3 is 0 Å². The molecule has 3 rings (SSSR count). The Morgan fingerprint density at radius 3 is 2.39 bits per heavy atom. The number of rotatable bonds is 4. The fourth-order valence-electron chi connectivity index (χ4n) is 2.39. The van der Waals surface area contributed by atoms with E-state index in [4.69, 9.17) is 4.74 Å². The smallest absolute Gasteiger partial charge is 0.238 e. The van der Waals surface area contributed by atoms with E-state index in [1.54, 1.807) is 12.1 Å². The normalized spacial score (nSPS) is 15.5. The van der Waals surface area contributed by atoms with E-state index in [0.29, 0.717) is 42.2 Å². The highest BCUT2D eigenvalue weighted by Crippen LogP contribution is 2.26. The molecule has 0 saturated heterocycles. The zero-order valence-electron chi connectivity index (χ0n) is 13.0. The van der Waals surface area contributed by atoms with E-state index in [9.17, 15) is 9.50 Å². The topological polar surface area (TPSA) is 58.5 Å². The molecule has 2 heterocycles. The monoisotopic (exact) mass is 315 g/mol. The zero-order valence-corrected chi connectivity index (χ0v) is 13.0. The highest BCUT2D eigenvalue weighted by atomic mass is 19.1. The van der Waals surface area contributed by atoms with E-state index in [2.05, 4.69) is 28.9 Å². The molecule has 0 radical (unpaired) electrons. The van der Waals surface area contributed by atoms with Gasteiger partial charge in [0.05, 0.1) is 12.2 Å². The van der Waals surface area contributed by atoms with Gasteiger partial charge in [-0.2, -0.15) is 0 Å². The fourth-order valence-corrected chi connectivity index (χ4v) is 2.39. The second-order valence-electron chi connectivity index (χ2n) is 5.74. The average Bonchev–Trinajstić information content (AvgIpc) is 2.93. The molecule has 5 nitrogen and oxygen atoms in total. The molecule has 0 aliphatic carbocycles. The Morgan fingerprint density at radius 2 is 1.83 bits per heavy atom. The summed E-state index contributed by atoms with van der Waals surface area (Å²) >= 11 is 0. The van der Waals surface area contributed by atoms with Crippen LogP contribution >= 0.6 is 0 Å². The molecule has 0 bridgehead atoms. The van der Waals surface area contributed by atoms with Crippen molar-refractivity contribution < 1.29 is 14.2 Å². The lowest BCUT2D eigenvalue weighted by Crippen LogP contribution is -2.29. The van der Waals surface area contributed by atoms with Crippen LogP contribution in [0.15, 0.2) is 42.2 Å². The SMILES string of the molecule is CC(C)N1CC(O)=C(c2ccc(Oc3ccc(F)cc3)nn2)C1. The molecule has 1 aromatic heterocycles. The molecule has 0 atom stereocenters. The first-order chi connectivity index (χ1) is 11.0. The molecule has 23 heavy (non-hydrogen) atoms. The van der Waals surface area contributed by atoms with Crippen molar-refractivity contribution in [1.29, 1.82) is 0 Å². The number of aliphatic hydroxyl groups excluding tert-OH is 1. The van der Waals surface area contributed by atoms with E-state index in [0.717, 1.165) is 5.57 Å². The van der Waals surface area contributed by atoms with E-state index in [1.807, 2.05) is 0 Å². The van der Waals surface area contributed by atoms with Crippen LogP contribution in [0.4, 0.5) is 4.39 Å². The maximum absolute atomic E-state index is 12.9. The summed E-state index contributed by atoms with van der Waals surface area (Å²) in [5.74, 6) is 0.818. The Labute approximate surface area is 134 Å². The van der Waals surface area contributed by atoms with Gasteiger partial charge in [-0.3, -0.25) is 4.90 Å². The number of aliphatic hydroxyl groups is 1. The van der Waals surface area contributed by atoms with Crippen molar-refractivity contribution in [1.82, 2.24) is 15.1 Å². The van der Waals surface area contributed by atoms with Crippen molar-refractivity contribution in [2.45, 2.75) is 19.9 Å². The van der Waals surface area contributed by atoms with Crippen molar-refractivity contribution in [2.24, 2.45) is 0 Å². The predicted molar refractivity (Wildman–Crippen MR) is 84.8 cm³/mol. The summed E-state index contributed by atoms with van der Waals surface area (Å²) in [4.78, 5) is 2.15. The first kappa shape index (κ1) is 15.4. The number of aromatic nitrogens is 2. The van der Waals surface area contributed by atoms with Crippen LogP contribution in [0.1, 0.15) is 19.5 Å². The number of ether oxygens (including phenoxy) is 1. The molecule has 0 fully saturated rings. The molecule has 0 spiro atoms. The van der Waals surface area contributed by atoms with Crippen LogP contribution in [0.3, 0.4) is 0 Å². The molecular formula is C17H18FN3O2. The molecule has 120 valence electrons. The zero-order chi connectivity index (χ0) is 16.4. The van der Waals surface area contributed by atoms with E-state index in [-0.39, 0.29) is 5.82 Å². The largest absolute Gasteiger partial charge is 0.511 e. The summed E-state index contributed by atoms with van der Waals surface area (Å²) in [6.45, 7) is 5.35. The maximum atomic E-state index is 12.9. The Morgan fingerprint density at radius 1 is 1.09 bits per heavy atom. The lowest BCUT2D eigenvalue weighted by atomic mass is 10.2. The maximum Gasteiger partial charge on any atom is 0.238 e. The van der Waals surface area contributed by atoms with Crippen LogP contribution in [-0.4, -0.2) is 39.3 Å². The van der Waals surface area contributed by atoms with Crippen molar-refractivity contribution in [3.05, 3.63) is 53.7 Å². The summed E-state index contributed by atoms with van der Waals surface area (Å²) in [6, 6.07) is 9.49. The highest BCUT2D eigenvalue weighted by molar-refractivity contribution is 5.68. The van der Waals surface area contributed by atoms with Gasteiger partial charge in [-0.05, 0) is 44.2 Å². The van der Waals surface area contributed by atoms with Gasteiger partial charge in [-0.15, -0.1) is 10.2 Å². The number of nitrogens with zero attached hydrogens (tertiary/aromatic N) is 3. The molecule has 0 saturated carbocycles. The van der Waals surface area contributed by atoms with Crippen molar-refractivity contribution in [3.63, 3.8) is 0 Å². The van der Waals surface area contributed by atoms with Crippen LogP contribution < -0.4 is 4.74 Å². The van der Waals surface area contributed by atoms with Gasteiger partial charge in [-0.25, -0.2) is 4.39 Å². The lowest BCUT2D eigenvalue weighted by Gasteiger charge is -2.19. The van der Waals surface area contributed by atoms with Crippen LogP contribution in [0.5, 0.6) is 11.6 Å². The molecule has 1 N–H and O–H groups in total. The molecule has 1 aliphatic rings. The summed E-state index contributed by atoms with van der Waals surface area (Å²) in [7, 11) is 0. The van der Waals surface area contributed by atoms with Crippen LogP contribution in [0, 0.1) is 5.82 Å². The van der Waals surface area contributed by atoms with Crippen molar-refractivity contribution >= 4 is 5.57 Å². The lowest BCUT2D eigenvalue weighted by molar-refractivity contribution is 0.256. The number of benzene rings is 1. The molecule has 1 aliphatic heterocycles. The average molecular weight is 315 g/mol. The van der Waals surface area contributed by atoms with E-state index < -0.39 is 0 Å². The molecule has 2 aromatic rings. The summed E-state index contributed by atoms with van der Waals surface area (Å²) in [6.07, 6.45) is 0. The quantitative estimate of drug-likeness (QED) is 0.937. The first-order valence-electron chi connectivity index (χ1n) is 7.45. The third kappa shape index (κ3) is 3.48. The standard InChI is InChI=1S/C17H18FN3O2/c1-11(2)21-9-14(16(22)10-21)15-7-8-17(20-19-15)23-13-5-3-12(18)4-6-13/h3-8,11,22H,9-10H2,1-2H3. The molecule has 1 aromatic carbocycles. The Balaban J connectivity index is 1.72. The minimum Gasteiger partial charge on any atom is -0.511 e. The molecular weight excluding hydrogens is 297 g/mol. The number of hydrogen-bond donors (Lipinski definition) is 1. The third-order valence-corrected chi connectivity index (χ3v) is 3.78. The molecule has 0 amide bonds. The third-order valence-electron chi connectivity index (χ3n) is 3.78. The van der Waals surface area contributed by atoms with Gasteiger partial charge in [-0.1, -0.05) is 0 Å². The second-order valence-corrected chi connectivity index (χ2v) is 5.74. The molecule has 0 unspecified atom stereocenters. The van der Waals surface area contributed by atoms with E-state index >= 15 is 0 Å². The minimum atomic E-state index is -0.322. The van der Waals surface area contributed by atoms with Crippen LogP contribution in [0.2, 0.25) is 0 Å². The van der Waals surface area contributed by atoms with Gasteiger partial charge in [0, 0.05) is 24.2 Å². The molecule has 6 heteroatoms. The fraction of sp³-hybridized carbons (Fsp3) is 0.294. The summed E-state index contributed by atoms with van der Waals surface area (Å²) in [5.41, 5.74) is 1.43. The van der Waals surface area contributed by atoms with Gasteiger partial charge in [0.2, 0.25) is 5.88 Å². The van der Waals surface area contributed by atoms with Gasteiger partial charge in [0.15, 0.2) is 0 Å². The second kappa shape index (κ2) is 6.34. The highest BCUT2D eigenvalue weighted by Gasteiger charge is 2.25. The number of hydrogen-bond acceptors (Lipinski definition) is 5. The van der Waals surface area contributed by atoms with Crippen molar-refractivity contribution in [2.75, 3.05) is 13.1 Å². The number of halogens is 1. The minimum absolute atomic E-state index is 0.319. The van der Waals surface area contributed by atoms with Gasteiger partial charge in [0.1, 0.15) is 17.3 Å². The van der Waals surface area contributed by atoms with Gasteiger partial charge < -0.3 is 9.84 Å². The Hall–Kier alpha value is -2.47. The van der Waals surface area contributed by atoms with E-state index in [1.165, 1.54) is 24.3 Å². The predicted octanol–water partition coefficient (Wildman–Crippen LogP) is 3.40. The first-order valence-corrected chi connectivity index (χ1v) is 7.45. The van der Waals surface area contributed by atoms with Crippen molar-refractivity contribution in [3.8, 4) is 11.6 Å². The Kier molecular flexibility index (Phi) is 4.25. The van der Waals surface area contributed by atoms with Crippen LogP contribution in [0.25, 0.3) is 5.57 Å². The summed E-state index contributed by atoms with van der Waals surface area (Å²) < 4.78 is 18.4. The van der Waals surface area contributed by atoms with Crippen LogP contribution in [-0.2, 0) is 0 Å².